The van der Waals surface area contributed by atoms with Crippen molar-refractivity contribution in [3.8, 4) is 17.0 Å². The maximum absolute atomic E-state index is 12.3. The molecule has 1 aliphatic heterocycles. The number of nitrogens with zero attached hydrogens (tertiary/aromatic N) is 4. The molecular weight excluding hydrogens is 372 g/mol. The number of aliphatic imine (C=N–C) groups is 1. The number of benzene rings is 1. The number of hydrogen-bond donors (Lipinski definition) is 0. The second kappa shape index (κ2) is 7.88. The molecule has 8 heteroatoms. The predicted molar refractivity (Wildman–Crippen MR) is 101 cm³/mol. The fraction of sp³-hybridized carbons (Fsp3) is 0.278. The molecule has 1 aliphatic rings. The summed E-state index contributed by atoms with van der Waals surface area (Å²) in [6, 6.07) is 8.01. The molecule has 0 bridgehead atoms. The zero-order valence-electron chi connectivity index (χ0n) is 14.3. The van der Waals surface area contributed by atoms with Crippen LogP contribution in [-0.4, -0.2) is 22.6 Å². The highest BCUT2D eigenvalue weighted by molar-refractivity contribution is 7.13. The first-order valence-corrected chi connectivity index (χ1v) is 9.03. The van der Waals surface area contributed by atoms with Gasteiger partial charge in [-0.3, -0.25) is 0 Å². The van der Waals surface area contributed by atoms with Crippen LogP contribution in [0, 0.1) is 0 Å². The number of hydrogen-bond acceptors (Lipinski definition) is 5. The van der Waals surface area contributed by atoms with Crippen molar-refractivity contribution >= 4 is 34.8 Å². The summed E-state index contributed by atoms with van der Waals surface area (Å²) in [5.74, 6) is 1.83. The average molecular weight is 391 g/mol. The standard InChI is InChI=1S/C18H18N4O2S.ClH/c1-24-14-6-4-13(5-7-14)15-11-21(17-3-2-9-22(15)17)12-16(23)20-18-19-8-10-25-18;/h4-8,10-11H,2-3,9,12H2,1H3;1H. The van der Waals surface area contributed by atoms with Gasteiger partial charge in [-0.15, -0.1) is 23.7 Å². The third kappa shape index (κ3) is 3.59. The van der Waals surface area contributed by atoms with Gasteiger partial charge >= 0.3 is 0 Å². The summed E-state index contributed by atoms with van der Waals surface area (Å²) in [7, 11) is 1.66. The van der Waals surface area contributed by atoms with Crippen LogP contribution in [-0.2, 0) is 19.5 Å². The van der Waals surface area contributed by atoms with Gasteiger partial charge in [-0.25, -0.2) is 19.1 Å². The lowest BCUT2D eigenvalue weighted by molar-refractivity contribution is -0.693. The molecule has 0 N–H and O–H groups in total. The van der Waals surface area contributed by atoms with Crippen molar-refractivity contribution < 1.29 is 14.4 Å². The second-order valence-corrected chi connectivity index (χ2v) is 6.74. The number of thiazole rings is 1. The van der Waals surface area contributed by atoms with E-state index in [-0.39, 0.29) is 24.8 Å². The lowest BCUT2D eigenvalue weighted by Crippen LogP contribution is -2.43. The SMILES string of the molecule is COc1ccc(-c2c[n+](CC([O-])=Nc3nccs3)c3n2CCC3)cc1.Cl. The number of aromatic nitrogens is 3. The Labute approximate surface area is 161 Å². The van der Waals surface area contributed by atoms with Crippen LogP contribution < -0.4 is 14.4 Å². The molecule has 136 valence electrons. The molecule has 0 atom stereocenters. The molecule has 3 aromatic rings. The Morgan fingerprint density at radius 3 is 2.88 bits per heavy atom. The molecule has 0 aliphatic carbocycles. The van der Waals surface area contributed by atoms with E-state index in [1.165, 1.54) is 17.2 Å². The third-order valence-electron chi connectivity index (χ3n) is 4.33. The Balaban J connectivity index is 0.00000196. The lowest BCUT2D eigenvalue weighted by Gasteiger charge is -2.07. The van der Waals surface area contributed by atoms with E-state index in [2.05, 4.69) is 14.5 Å². The Bertz CT molecular complexity index is 904. The number of halogens is 1. The smallest absolute Gasteiger partial charge is 0.257 e. The van der Waals surface area contributed by atoms with Crippen LogP contribution in [0.25, 0.3) is 11.3 Å². The van der Waals surface area contributed by atoms with E-state index in [9.17, 15) is 5.11 Å². The molecule has 1 aromatic carbocycles. The maximum Gasteiger partial charge on any atom is 0.257 e. The van der Waals surface area contributed by atoms with Crippen molar-refractivity contribution in [1.82, 2.24) is 9.55 Å². The average Bonchev–Trinajstić information content (AvgIpc) is 3.34. The molecule has 0 amide bonds. The van der Waals surface area contributed by atoms with E-state index in [1.54, 1.807) is 13.3 Å². The first-order valence-electron chi connectivity index (χ1n) is 8.15. The molecule has 0 spiro atoms. The number of imidazole rings is 1. The molecule has 0 saturated carbocycles. The van der Waals surface area contributed by atoms with Gasteiger partial charge in [-0.2, -0.15) is 0 Å². The highest BCUT2D eigenvalue weighted by atomic mass is 35.5. The van der Waals surface area contributed by atoms with Crippen LogP contribution in [0.1, 0.15) is 12.2 Å². The van der Waals surface area contributed by atoms with Gasteiger partial charge < -0.3 is 9.84 Å². The molecular formula is C18H19ClN4O2S. The van der Waals surface area contributed by atoms with Gasteiger partial charge in [0.1, 0.15) is 18.5 Å². The highest BCUT2D eigenvalue weighted by Gasteiger charge is 2.28. The molecule has 3 heterocycles. The quantitative estimate of drug-likeness (QED) is 0.381. The summed E-state index contributed by atoms with van der Waals surface area (Å²) >= 11 is 1.37. The van der Waals surface area contributed by atoms with E-state index in [0.29, 0.717) is 5.13 Å². The maximum atomic E-state index is 12.3. The molecule has 6 nitrogen and oxygen atoms in total. The topological polar surface area (TPSA) is 66.3 Å². The van der Waals surface area contributed by atoms with E-state index in [1.807, 2.05) is 40.4 Å². The van der Waals surface area contributed by atoms with Crippen LogP contribution >= 0.6 is 23.7 Å². The number of fused-ring (bicyclic) bond motifs is 1. The van der Waals surface area contributed by atoms with Crippen molar-refractivity contribution in [1.29, 1.82) is 0 Å². The summed E-state index contributed by atoms with van der Waals surface area (Å²) in [4.78, 5) is 8.11. The summed E-state index contributed by atoms with van der Waals surface area (Å²) < 4.78 is 9.54. The Morgan fingerprint density at radius 1 is 1.38 bits per heavy atom. The molecule has 0 fully saturated rings. The molecule has 2 aromatic heterocycles. The van der Waals surface area contributed by atoms with Gasteiger partial charge in [0, 0.05) is 23.0 Å². The van der Waals surface area contributed by atoms with Crippen molar-refractivity contribution in [3.63, 3.8) is 0 Å². The van der Waals surface area contributed by atoms with E-state index in [0.717, 1.165) is 36.4 Å². The number of methoxy groups -OCH3 is 1. The molecule has 4 rings (SSSR count). The first kappa shape index (κ1) is 18.4. The summed E-state index contributed by atoms with van der Waals surface area (Å²) in [5, 5.41) is 14.6. The van der Waals surface area contributed by atoms with Gasteiger partial charge in [0.15, 0.2) is 5.69 Å². The monoisotopic (exact) mass is 390 g/mol. The lowest BCUT2D eigenvalue weighted by atomic mass is 10.1. The Morgan fingerprint density at radius 2 is 2.19 bits per heavy atom. The molecule has 0 unspecified atom stereocenters. The Hall–Kier alpha value is -2.38. The number of rotatable bonds is 5. The largest absolute Gasteiger partial charge is 0.859 e. The second-order valence-electron chi connectivity index (χ2n) is 5.86. The number of ether oxygens (including phenoxy) is 1. The van der Waals surface area contributed by atoms with Crippen LogP contribution in [0.4, 0.5) is 5.13 Å². The van der Waals surface area contributed by atoms with Crippen LogP contribution in [0.3, 0.4) is 0 Å². The molecule has 26 heavy (non-hydrogen) atoms. The minimum atomic E-state index is -0.179. The van der Waals surface area contributed by atoms with E-state index >= 15 is 0 Å². The van der Waals surface area contributed by atoms with Crippen LogP contribution in [0.5, 0.6) is 5.75 Å². The van der Waals surface area contributed by atoms with Gasteiger partial charge in [0.2, 0.25) is 5.13 Å². The summed E-state index contributed by atoms with van der Waals surface area (Å²) in [6.07, 6.45) is 5.77. The van der Waals surface area contributed by atoms with Crippen LogP contribution in [0.15, 0.2) is 47.0 Å². The van der Waals surface area contributed by atoms with Gasteiger partial charge in [0.05, 0.1) is 20.1 Å². The van der Waals surface area contributed by atoms with Crippen molar-refractivity contribution in [3.05, 3.63) is 47.9 Å². The zero-order valence-corrected chi connectivity index (χ0v) is 15.9. The van der Waals surface area contributed by atoms with E-state index in [4.69, 9.17) is 4.74 Å². The van der Waals surface area contributed by atoms with E-state index < -0.39 is 0 Å². The third-order valence-corrected chi connectivity index (χ3v) is 4.99. The fourth-order valence-corrected chi connectivity index (χ4v) is 3.72. The zero-order chi connectivity index (χ0) is 17.2. The van der Waals surface area contributed by atoms with Crippen molar-refractivity contribution in [2.24, 2.45) is 4.99 Å². The minimum Gasteiger partial charge on any atom is -0.859 e. The minimum absolute atomic E-state index is 0. The fourth-order valence-electron chi connectivity index (χ4n) is 3.20. The van der Waals surface area contributed by atoms with Crippen LogP contribution in [0.2, 0.25) is 0 Å². The van der Waals surface area contributed by atoms with Crippen molar-refractivity contribution in [2.45, 2.75) is 25.9 Å². The summed E-state index contributed by atoms with van der Waals surface area (Å²) in [5.41, 5.74) is 2.24. The molecule has 0 saturated heterocycles. The van der Waals surface area contributed by atoms with Crippen molar-refractivity contribution in [2.75, 3.05) is 7.11 Å². The predicted octanol–water partition coefficient (Wildman–Crippen LogP) is 2.37. The summed E-state index contributed by atoms with van der Waals surface area (Å²) in [6.45, 7) is 1.21. The van der Waals surface area contributed by atoms with Gasteiger partial charge in [-0.1, -0.05) is 0 Å². The highest BCUT2D eigenvalue weighted by Crippen LogP contribution is 2.26. The van der Waals surface area contributed by atoms with Gasteiger partial charge in [0.25, 0.3) is 5.82 Å². The normalized spacial score (nSPS) is 13.3. The van der Waals surface area contributed by atoms with Gasteiger partial charge in [-0.05, 0) is 30.7 Å². The first-order chi connectivity index (χ1) is 12.2. The molecule has 0 radical (unpaired) electrons. The Kier molecular flexibility index (Phi) is 5.58.